The van der Waals surface area contributed by atoms with Gasteiger partial charge in [0.15, 0.2) is 0 Å². The lowest BCUT2D eigenvalue weighted by Crippen LogP contribution is -2.23. The Labute approximate surface area is 86.4 Å². The number of carbonyl (C=O) groups excluding carboxylic acids is 1. The van der Waals surface area contributed by atoms with Crippen LogP contribution in [-0.4, -0.2) is 12.5 Å². The maximum absolute atomic E-state index is 11.5. The first-order valence-electron chi connectivity index (χ1n) is 5.03. The molecule has 0 unspecified atom stereocenters. The summed E-state index contributed by atoms with van der Waals surface area (Å²) >= 11 is 0. The second kappa shape index (κ2) is 8.30. The molecule has 0 heterocycles. The van der Waals surface area contributed by atoms with Gasteiger partial charge in [-0.2, -0.15) is 0 Å². The van der Waals surface area contributed by atoms with Gasteiger partial charge in [-0.3, -0.25) is 4.79 Å². The van der Waals surface area contributed by atoms with Gasteiger partial charge in [-0.15, -0.1) is 0 Å². The molecule has 0 atom stereocenters. The van der Waals surface area contributed by atoms with Gasteiger partial charge >= 0.3 is 0 Å². The van der Waals surface area contributed by atoms with E-state index in [0.717, 1.165) is 6.42 Å². The van der Waals surface area contributed by atoms with Crippen molar-refractivity contribution in [1.29, 1.82) is 0 Å². The van der Waals surface area contributed by atoms with Crippen LogP contribution in [0.5, 0.6) is 0 Å². The molecule has 1 N–H and O–H groups in total. The van der Waals surface area contributed by atoms with E-state index in [2.05, 4.69) is 12.2 Å². The molecule has 0 aliphatic rings. The molecule has 0 spiro atoms. The zero-order chi connectivity index (χ0) is 10.8. The molecule has 0 rings (SSSR count). The highest BCUT2D eigenvalue weighted by atomic mass is 16.1. The summed E-state index contributed by atoms with van der Waals surface area (Å²) in [6.07, 6.45) is 10.4. The Morgan fingerprint density at radius 1 is 1.36 bits per heavy atom. The Bertz CT molecular complexity index is 249. The minimum Gasteiger partial charge on any atom is -0.352 e. The van der Waals surface area contributed by atoms with Crippen LogP contribution in [0.3, 0.4) is 0 Å². The van der Waals surface area contributed by atoms with Crippen molar-refractivity contribution in [1.82, 2.24) is 5.32 Å². The number of hydrogen-bond donors (Lipinski definition) is 1. The number of nitrogens with one attached hydrogen (secondary N) is 1. The predicted molar refractivity (Wildman–Crippen MR) is 61.0 cm³/mol. The Morgan fingerprint density at radius 3 is 2.57 bits per heavy atom. The summed E-state index contributed by atoms with van der Waals surface area (Å²) in [5.41, 5.74) is 0.694. The first-order chi connectivity index (χ1) is 6.76. The topological polar surface area (TPSA) is 29.1 Å². The number of rotatable bonds is 5. The fraction of sp³-hybridized carbons (Fsp3) is 0.417. The molecule has 1 amide bonds. The monoisotopic (exact) mass is 193 g/mol. The summed E-state index contributed by atoms with van der Waals surface area (Å²) in [7, 11) is 0. The second-order valence-corrected chi connectivity index (χ2v) is 2.82. The molecule has 14 heavy (non-hydrogen) atoms. The van der Waals surface area contributed by atoms with Crippen LogP contribution in [0.25, 0.3) is 0 Å². The van der Waals surface area contributed by atoms with Crippen molar-refractivity contribution >= 4 is 5.91 Å². The fourth-order valence-corrected chi connectivity index (χ4v) is 0.957. The second-order valence-electron chi connectivity index (χ2n) is 2.82. The molecular formula is C12H19NO. The predicted octanol–water partition coefficient (Wildman–Crippen LogP) is 2.59. The Morgan fingerprint density at radius 2 is 2.07 bits per heavy atom. The third kappa shape index (κ3) is 5.36. The summed E-state index contributed by atoms with van der Waals surface area (Å²) in [4.78, 5) is 11.5. The van der Waals surface area contributed by atoms with Crippen molar-refractivity contribution in [3.63, 3.8) is 0 Å². The number of carbonyl (C=O) groups is 1. The largest absolute Gasteiger partial charge is 0.352 e. The molecule has 0 aromatic heterocycles. The average Bonchev–Trinajstić information content (AvgIpc) is 2.17. The number of likely N-dealkylation sites (N-methyl/N-ethyl adjacent to an activating group) is 1. The van der Waals surface area contributed by atoms with Gasteiger partial charge in [0, 0.05) is 12.1 Å². The van der Waals surface area contributed by atoms with Gasteiger partial charge in [0.2, 0.25) is 0 Å². The summed E-state index contributed by atoms with van der Waals surface area (Å²) in [6.45, 7) is 6.53. The molecule has 0 aromatic rings. The SMILES string of the molecule is C\C=C/C(=C\C=C\CC)C(=O)NCC. The summed E-state index contributed by atoms with van der Waals surface area (Å²) in [5, 5.41) is 2.76. The van der Waals surface area contributed by atoms with E-state index in [-0.39, 0.29) is 5.91 Å². The highest BCUT2D eigenvalue weighted by Gasteiger charge is 2.01. The fourth-order valence-electron chi connectivity index (χ4n) is 0.957. The molecule has 0 bridgehead atoms. The van der Waals surface area contributed by atoms with Crippen molar-refractivity contribution < 1.29 is 4.79 Å². The van der Waals surface area contributed by atoms with Crippen molar-refractivity contribution in [2.75, 3.05) is 6.54 Å². The van der Waals surface area contributed by atoms with E-state index in [9.17, 15) is 4.79 Å². The van der Waals surface area contributed by atoms with E-state index < -0.39 is 0 Å². The van der Waals surface area contributed by atoms with Crippen molar-refractivity contribution in [2.45, 2.75) is 27.2 Å². The molecule has 2 nitrogen and oxygen atoms in total. The van der Waals surface area contributed by atoms with Gasteiger partial charge in [0.05, 0.1) is 0 Å². The maximum Gasteiger partial charge on any atom is 0.251 e. The minimum absolute atomic E-state index is 0.0219. The molecule has 2 heteroatoms. The first-order valence-corrected chi connectivity index (χ1v) is 5.03. The van der Waals surface area contributed by atoms with Crippen LogP contribution in [0.4, 0.5) is 0 Å². The molecule has 0 radical (unpaired) electrons. The standard InChI is InChI=1S/C12H19NO/c1-4-7-8-10-11(9-5-2)12(14)13-6-3/h5,7-10H,4,6H2,1-3H3,(H,13,14)/b8-7+,9-5-,11-10+. The van der Waals surface area contributed by atoms with Crippen LogP contribution in [0.15, 0.2) is 36.0 Å². The van der Waals surface area contributed by atoms with E-state index in [1.807, 2.05) is 44.2 Å². The van der Waals surface area contributed by atoms with E-state index in [0.29, 0.717) is 12.1 Å². The Kier molecular flexibility index (Phi) is 7.52. The molecule has 0 saturated carbocycles. The van der Waals surface area contributed by atoms with Gasteiger partial charge in [0.25, 0.3) is 5.91 Å². The van der Waals surface area contributed by atoms with E-state index in [1.165, 1.54) is 0 Å². The minimum atomic E-state index is -0.0219. The van der Waals surface area contributed by atoms with Gasteiger partial charge in [-0.25, -0.2) is 0 Å². The molecule has 78 valence electrons. The molecule has 0 saturated heterocycles. The number of hydrogen-bond acceptors (Lipinski definition) is 1. The first kappa shape index (κ1) is 12.7. The Hall–Kier alpha value is -1.31. The van der Waals surface area contributed by atoms with Crippen LogP contribution in [0, 0.1) is 0 Å². The molecule has 0 aliphatic carbocycles. The molecular weight excluding hydrogens is 174 g/mol. The zero-order valence-corrected chi connectivity index (χ0v) is 9.21. The van der Waals surface area contributed by atoms with Crippen LogP contribution < -0.4 is 5.32 Å². The number of allylic oxidation sites excluding steroid dienone is 4. The normalized spacial score (nSPS) is 12.6. The maximum atomic E-state index is 11.5. The van der Waals surface area contributed by atoms with E-state index in [4.69, 9.17) is 0 Å². The average molecular weight is 193 g/mol. The van der Waals surface area contributed by atoms with E-state index in [1.54, 1.807) is 0 Å². The third-order valence-electron chi connectivity index (χ3n) is 1.59. The molecule has 0 aromatic carbocycles. The van der Waals surface area contributed by atoms with Crippen LogP contribution in [0.1, 0.15) is 27.2 Å². The Balaban J connectivity index is 4.49. The van der Waals surface area contributed by atoms with E-state index >= 15 is 0 Å². The van der Waals surface area contributed by atoms with Gasteiger partial charge in [0.1, 0.15) is 0 Å². The van der Waals surface area contributed by atoms with Crippen LogP contribution >= 0.6 is 0 Å². The third-order valence-corrected chi connectivity index (χ3v) is 1.59. The lowest BCUT2D eigenvalue weighted by Gasteiger charge is -2.01. The van der Waals surface area contributed by atoms with Gasteiger partial charge in [-0.1, -0.05) is 31.2 Å². The summed E-state index contributed by atoms with van der Waals surface area (Å²) in [5.74, 6) is -0.0219. The quantitative estimate of drug-likeness (QED) is 0.527. The lowest BCUT2D eigenvalue weighted by molar-refractivity contribution is -0.117. The summed E-state index contributed by atoms with van der Waals surface area (Å²) in [6, 6.07) is 0. The molecule has 0 fully saturated rings. The van der Waals surface area contributed by atoms with Crippen LogP contribution in [-0.2, 0) is 4.79 Å². The smallest absolute Gasteiger partial charge is 0.251 e. The highest BCUT2D eigenvalue weighted by Crippen LogP contribution is 1.98. The van der Waals surface area contributed by atoms with Crippen LogP contribution in [0.2, 0.25) is 0 Å². The van der Waals surface area contributed by atoms with Crippen molar-refractivity contribution in [3.05, 3.63) is 36.0 Å². The van der Waals surface area contributed by atoms with Gasteiger partial charge in [-0.05, 0) is 26.3 Å². The van der Waals surface area contributed by atoms with Gasteiger partial charge < -0.3 is 5.32 Å². The van der Waals surface area contributed by atoms with Crippen molar-refractivity contribution in [3.8, 4) is 0 Å². The van der Waals surface area contributed by atoms with Crippen molar-refractivity contribution in [2.24, 2.45) is 0 Å². The lowest BCUT2D eigenvalue weighted by atomic mass is 10.2. The molecule has 0 aliphatic heterocycles. The number of amides is 1. The zero-order valence-electron chi connectivity index (χ0n) is 9.21. The summed E-state index contributed by atoms with van der Waals surface area (Å²) < 4.78 is 0. The highest BCUT2D eigenvalue weighted by molar-refractivity contribution is 5.96.